The molecule has 1 unspecified atom stereocenters. The molecule has 12 heteroatoms. The van der Waals surface area contributed by atoms with Crippen LogP contribution in [0, 0.1) is 5.82 Å². The Hall–Kier alpha value is -2.37. The van der Waals surface area contributed by atoms with E-state index in [0.717, 1.165) is 12.1 Å². The molecule has 0 spiro atoms. The smallest absolute Gasteiger partial charge is 0.396 e. The second-order valence-corrected chi connectivity index (χ2v) is 6.90. The van der Waals surface area contributed by atoms with Gasteiger partial charge in [0.25, 0.3) is 5.91 Å². The number of carbonyl (C=O) groups is 1. The molecule has 158 valence electrons. The highest BCUT2D eigenvalue weighted by Gasteiger charge is 2.54. The lowest BCUT2D eigenvalue weighted by Gasteiger charge is -2.26. The molecule has 0 aliphatic carbocycles. The van der Waals surface area contributed by atoms with Gasteiger partial charge in [-0.1, -0.05) is 6.07 Å². The first-order valence-corrected chi connectivity index (χ1v) is 8.39. The zero-order chi connectivity index (χ0) is 22.4. The highest BCUT2D eigenvalue weighted by atomic mass is 79.9. The van der Waals surface area contributed by atoms with Crippen molar-refractivity contribution in [2.45, 2.75) is 24.9 Å². The van der Waals surface area contributed by atoms with Crippen molar-refractivity contribution < 1.29 is 39.9 Å². The normalized spacial score (nSPS) is 14.4. The van der Waals surface area contributed by atoms with Gasteiger partial charge in [0.15, 0.2) is 5.82 Å². The summed E-state index contributed by atoms with van der Waals surface area (Å²) in [5.41, 5.74) is -4.04. The molecule has 0 saturated carbocycles. The lowest BCUT2D eigenvalue weighted by molar-refractivity contribution is -0.228. The molecule has 0 aliphatic rings. The fraction of sp³-hybridized carbons (Fsp3) is 0.235. The third kappa shape index (κ3) is 4.46. The van der Waals surface area contributed by atoms with Gasteiger partial charge < -0.3 is 11.1 Å². The minimum atomic E-state index is -5.50. The quantitative estimate of drug-likeness (QED) is 0.398. The van der Waals surface area contributed by atoms with E-state index in [9.17, 15) is 39.9 Å². The van der Waals surface area contributed by atoms with Crippen LogP contribution in [0.5, 0.6) is 0 Å². The fourth-order valence-electron chi connectivity index (χ4n) is 2.30. The first-order valence-electron chi connectivity index (χ1n) is 7.59. The molecule has 1 amide bonds. The Morgan fingerprint density at radius 2 is 1.66 bits per heavy atom. The predicted octanol–water partition coefficient (Wildman–Crippen LogP) is 6.19. The van der Waals surface area contributed by atoms with Crippen LogP contribution in [-0.2, 0) is 11.8 Å². The first kappa shape index (κ1) is 22.9. The number of amides is 1. The minimum absolute atomic E-state index is 0.0648. The molecule has 0 aromatic heterocycles. The van der Waals surface area contributed by atoms with Crippen LogP contribution in [0.3, 0.4) is 0 Å². The molecular formula is C17H11BrF8N2O. The van der Waals surface area contributed by atoms with Gasteiger partial charge in [-0.05, 0) is 52.7 Å². The van der Waals surface area contributed by atoms with E-state index < -0.39 is 62.3 Å². The van der Waals surface area contributed by atoms with Crippen LogP contribution in [0.2, 0.25) is 0 Å². The third-order valence-corrected chi connectivity index (χ3v) is 4.61. The summed E-state index contributed by atoms with van der Waals surface area (Å²) < 4.78 is 106. The Kier molecular flexibility index (Phi) is 5.90. The van der Waals surface area contributed by atoms with Crippen molar-refractivity contribution >= 4 is 33.2 Å². The highest BCUT2D eigenvalue weighted by Crippen LogP contribution is 2.47. The molecule has 3 nitrogen and oxygen atoms in total. The summed E-state index contributed by atoms with van der Waals surface area (Å²) in [5.74, 6) is -2.53. The number of hydrogen-bond acceptors (Lipinski definition) is 2. The van der Waals surface area contributed by atoms with Crippen LogP contribution in [0.1, 0.15) is 28.4 Å². The number of carbonyl (C=O) groups excluding carboxylic acids is 1. The Labute approximate surface area is 167 Å². The van der Waals surface area contributed by atoms with Gasteiger partial charge in [-0.2, -0.15) is 26.3 Å². The molecule has 2 rings (SSSR count). The number of anilines is 2. The molecule has 0 aliphatic heterocycles. The monoisotopic (exact) mass is 490 g/mol. The van der Waals surface area contributed by atoms with Gasteiger partial charge in [0.05, 0.1) is 22.5 Å². The Balaban J connectivity index is 2.61. The Bertz CT molecular complexity index is 954. The van der Waals surface area contributed by atoms with E-state index in [4.69, 9.17) is 5.73 Å². The molecule has 0 radical (unpaired) electrons. The third-order valence-electron chi connectivity index (χ3n) is 3.98. The number of alkyl halides is 7. The standard InChI is InChI=1S/C17H11BrF8N2O/c1-15(20,17(24,25)26)7-5-9(16(21,22)23)13(10(18)6-7)28-14(29)8-3-2-4-11(27)12(8)19/h2-6H,27H2,1H3,(H,28,29). The van der Waals surface area contributed by atoms with E-state index >= 15 is 0 Å². The van der Waals surface area contributed by atoms with Crippen molar-refractivity contribution in [3.63, 3.8) is 0 Å². The van der Waals surface area contributed by atoms with E-state index in [-0.39, 0.29) is 13.0 Å². The van der Waals surface area contributed by atoms with Gasteiger partial charge in [-0.15, -0.1) is 0 Å². The molecule has 0 saturated heterocycles. The second-order valence-electron chi connectivity index (χ2n) is 6.04. The van der Waals surface area contributed by atoms with E-state index in [1.807, 2.05) is 0 Å². The Morgan fingerprint density at radius 1 is 1.07 bits per heavy atom. The summed E-state index contributed by atoms with van der Waals surface area (Å²) in [6.07, 6.45) is -10.8. The fourth-order valence-corrected chi connectivity index (χ4v) is 2.86. The van der Waals surface area contributed by atoms with E-state index in [0.29, 0.717) is 6.07 Å². The lowest BCUT2D eigenvalue weighted by atomic mass is 9.94. The van der Waals surface area contributed by atoms with E-state index in [1.165, 1.54) is 6.07 Å². The summed E-state index contributed by atoms with van der Waals surface area (Å²) in [6.45, 7) is 0.0648. The zero-order valence-electron chi connectivity index (χ0n) is 14.3. The van der Waals surface area contributed by atoms with Crippen molar-refractivity contribution in [2.24, 2.45) is 0 Å². The van der Waals surface area contributed by atoms with Gasteiger partial charge in [0, 0.05) is 4.47 Å². The van der Waals surface area contributed by atoms with Crippen molar-refractivity contribution in [3.05, 3.63) is 57.3 Å². The topological polar surface area (TPSA) is 55.1 Å². The first-order chi connectivity index (χ1) is 13.1. The molecule has 0 bridgehead atoms. The number of nitrogens with one attached hydrogen (secondary N) is 1. The van der Waals surface area contributed by atoms with Crippen molar-refractivity contribution in [3.8, 4) is 0 Å². The summed E-state index contributed by atoms with van der Waals surface area (Å²) in [5, 5.41) is 1.78. The van der Waals surface area contributed by atoms with Gasteiger partial charge >= 0.3 is 12.4 Å². The van der Waals surface area contributed by atoms with Crippen LogP contribution in [0.15, 0.2) is 34.8 Å². The predicted molar refractivity (Wildman–Crippen MR) is 92.4 cm³/mol. The van der Waals surface area contributed by atoms with Crippen LogP contribution in [0.4, 0.5) is 46.5 Å². The summed E-state index contributed by atoms with van der Waals surface area (Å²) in [4.78, 5) is 12.2. The van der Waals surface area contributed by atoms with Crippen LogP contribution in [0.25, 0.3) is 0 Å². The maximum atomic E-state index is 14.2. The molecule has 29 heavy (non-hydrogen) atoms. The molecule has 2 aromatic carbocycles. The summed E-state index contributed by atoms with van der Waals surface area (Å²) in [6, 6.07) is 3.61. The maximum Gasteiger partial charge on any atom is 0.426 e. The van der Waals surface area contributed by atoms with Crippen LogP contribution >= 0.6 is 15.9 Å². The van der Waals surface area contributed by atoms with E-state index in [2.05, 4.69) is 15.9 Å². The van der Waals surface area contributed by atoms with Crippen LogP contribution in [-0.4, -0.2) is 12.1 Å². The molecule has 0 heterocycles. The number of rotatable bonds is 3. The van der Waals surface area contributed by atoms with Crippen molar-refractivity contribution in [1.29, 1.82) is 0 Å². The van der Waals surface area contributed by atoms with Crippen LogP contribution < -0.4 is 11.1 Å². The minimum Gasteiger partial charge on any atom is -0.396 e. The average molecular weight is 491 g/mol. The number of nitrogens with two attached hydrogens (primary N) is 1. The molecular weight excluding hydrogens is 480 g/mol. The SMILES string of the molecule is CC(F)(c1cc(Br)c(NC(=O)c2cccc(N)c2F)c(C(F)(F)F)c1)C(F)(F)F. The van der Waals surface area contributed by atoms with Gasteiger partial charge in [0.2, 0.25) is 5.67 Å². The number of halogens is 9. The molecule has 2 aromatic rings. The Morgan fingerprint density at radius 3 is 2.17 bits per heavy atom. The van der Waals surface area contributed by atoms with Crippen molar-refractivity contribution in [1.82, 2.24) is 0 Å². The zero-order valence-corrected chi connectivity index (χ0v) is 15.9. The lowest BCUT2D eigenvalue weighted by Crippen LogP contribution is -2.35. The largest absolute Gasteiger partial charge is 0.426 e. The summed E-state index contributed by atoms with van der Waals surface area (Å²) in [7, 11) is 0. The average Bonchev–Trinajstić information content (AvgIpc) is 2.56. The van der Waals surface area contributed by atoms with Gasteiger partial charge in [-0.3, -0.25) is 4.79 Å². The highest BCUT2D eigenvalue weighted by molar-refractivity contribution is 9.10. The van der Waals surface area contributed by atoms with Gasteiger partial charge in [-0.25, -0.2) is 8.78 Å². The van der Waals surface area contributed by atoms with Gasteiger partial charge in [0.1, 0.15) is 0 Å². The molecule has 1 atom stereocenters. The van der Waals surface area contributed by atoms with Crippen molar-refractivity contribution in [2.75, 3.05) is 11.1 Å². The number of hydrogen-bond donors (Lipinski definition) is 2. The second kappa shape index (κ2) is 7.47. The number of nitrogen functional groups attached to an aromatic ring is 1. The molecule has 3 N–H and O–H groups in total. The summed E-state index contributed by atoms with van der Waals surface area (Å²) >= 11 is 2.62. The molecule has 0 fully saturated rings. The maximum absolute atomic E-state index is 14.2. The number of benzene rings is 2. The van der Waals surface area contributed by atoms with E-state index in [1.54, 1.807) is 5.32 Å².